The van der Waals surface area contributed by atoms with E-state index in [9.17, 15) is 54.9 Å². The van der Waals surface area contributed by atoms with Crippen molar-refractivity contribution >= 4 is 23.6 Å². The van der Waals surface area contributed by atoms with Crippen LogP contribution in [0.4, 0.5) is 4.39 Å². The molecule has 0 aromatic rings. The lowest BCUT2D eigenvalue weighted by Gasteiger charge is -2.62. The highest BCUT2D eigenvalue weighted by molar-refractivity contribution is 6.01. The summed E-state index contributed by atoms with van der Waals surface area (Å²) in [6.07, 6.45) is -7.08. The van der Waals surface area contributed by atoms with E-state index in [4.69, 9.17) is 28.4 Å². The lowest BCUT2D eigenvalue weighted by molar-refractivity contribution is -0.318. The molecule has 4 unspecified atom stereocenters. The molecule has 0 bridgehead atoms. The molecule has 7 aliphatic rings. The Balaban J connectivity index is 1.10. The minimum atomic E-state index is -2.11. The molecule has 2 amide bonds. The van der Waals surface area contributed by atoms with Crippen LogP contribution in [0.25, 0.3) is 0 Å². The molecule has 9 N–H and O–H groups in total. The van der Waals surface area contributed by atoms with Gasteiger partial charge in [-0.3, -0.25) is 19.2 Å². The number of esters is 1. The number of fused-ring (bicyclic) bond motifs is 5. The van der Waals surface area contributed by atoms with Gasteiger partial charge in [0.25, 0.3) is 5.91 Å². The minimum absolute atomic E-state index is 0.0165. The van der Waals surface area contributed by atoms with E-state index >= 15 is 4.39 Å². The van der Waals surface area contributed by atoms with Crippen molar-refractivity contribution in [3.05, 3.63) is 23.8 Å². The Morgan fingerprint density at radius 1 is 0.901 bits per heavy atom. The molecule has 0 spiro atoms. The van der Waals surface area contributed by atoms with Gasteiger partial charge in [-0.1, -0.05) is 46.3 Å². The van der Waals surface area contributed by atoms with Gasteiger partial charge >= 0.3 is 5.97 Å². The number of hydrogen-bond donors (Lipinski definition) is 9. The first kappa shape index (κ1) is 65.5. The average Bonchev–Trinajstić information content (AvgIpc) is 3.64. The number of carbonyl (C=O) groups excluding carboxylic acids is 4. The summed E-state index contributed by atoms with van der Waals surface area (Å²) < 4.78 is 55.7. The molecule has 3 saturated heterocycles. The summed E-state index contributed by atoms with van der Waals surface area (Å²) in [4.78, 5) is 57.1. The zero-order valence-electron chi connectivity index (χ0n) is 50.5. The topological polar surface area (TPSA) is 293 Å². The molecule has 26 atom stereocenters. The molecule has 81 heavy (non-hydrogen) atoms. The summed E-state index contributed by atoms with van der Waals surface area (Å²) in [6, 6.07) is -1.63. The van der Waals surface area contributed by atoms with Gasteiger partial charge in [-0.05, 0) is 144 Å². The third kappa shape index (κ3) is 11.6. The number of nitrogens with one attached hydrogen (secondary N) is 2. The number of hydrogen-bond acceptors (Lipinski definition) is 18. The van der Waals surface area contributed by atoms with Crippen LogP contribution in [0.3, 0.4) is 0 Å². The Hall–Kier alpha value is -3.03. The SMILES string of the molecule is CC[C@H]1OC(=O)[C@H](C)[C@@H](OC2C[C@@](C)(OC)[C@@H](O)[C@H](C)O2)[C@H](C)[C@@H](OC2O[C@H](C)C[C@H](N(C)CCCNC(=O)[C@@]3(O)[C@H](C)CC4C5CCC6=CC(=O)C=C[C@]6(C)[C@@]5(F)[C@@H](O)C[C@@]43C)[C@H]2O)[C@](C)(O)C[C@@H](C)C(=O)N[C@H](C)[C@@H](O)[C@]1(C)O. The van der Waals surface area contributed by atoms with Crippen LogP contribution >= 0.6 is 0 Å². The van der Waals surface area contributed by atoms with Crippen LogP contribution in [-0.4, -0.2) is 199 Å². The molecule has 20 nitrogen and oxygen atoms in total. The van der Waals surface area contributed by atoms with E-state index in [2.05, 4.69) is 10.6 Å². The van der Waals surface area contributed by atoms with E-state index in [-0.39, 0.29) is 38.0 Å². The van der Waals surface area contributed by atoms with Crippen molar-refractivity contribution in [2.45, 2.75) is 255 Å². The number of nitrogens with zero attached hydrogens (tertiary/aromatic N) is 1. The van der Waals surface area contributed by atoms with E-state index in [0.717, 1.165) is 0 Å². The molecule has 3 heterocycles. The number of amides is 2. The molecule has 3 saturated carbocycles. The second kappa shape index (κ2) is 24.0. The molecule has 4 aliphatic carbocycles. The number of halogens is 1. The van der Waals surface area contributed by atoms with Gasteiger partial charge in [0, 0.05) is 54.7 Å². The highest BCUT2D eigenvalue weighted by Gasteiger charge is 2.76. The van der Waals surface area contributed by atoms with Crippen LogP contribution in [0.1, 0.15) is 148 Å². The summed E-state index contributed by atoms with van der Waals surface area (Å²) in [6.45, 7) is 21.8. The van der Waals surface area contributed by atoms with Gasteiger partial charge in [-0.2, -0.15) is 0 Å². The molecule has 0 radical (unpaired) electrons. The van der Waals surface area contributed by atoms with Crippen molar-refractivity contribution in [3.8, 4) is 0 Å². The van der Waals surface area contributed by atoms with Gasteiger partial charge in [-0.25, -0.2) is 4.39 Å². The van der Waals surface area contributed by atoms with Crippen molar-refractivity contribution in [2.24, 2.45) is 46.3 Å². The molecule has 6 fully saturated rings. The Morgan fingerprint density at radius 3 is 2.21 bits per heavy atom. The lowest BCUT2D eigenvalue weighted by atomic mass is 9.44. The summed E-state index contributed by atoms with van der Waals surface area (Å²) in [7, 11) is 3.27. The number of alkyl halides is 1. The van der Waals surface area contributed by atoms with Crippen LogP contribution in [0.5, 0.6) is 0 Å². The maximum absolute atomic E-state index is 17.8. The van der Waals surface area contributed by atoms with E-state index < -0.39 is 172 Å². The number of ketones is 1. The van der Waals surface area contributed by atoms with Gasteiger partial charge in [0.05, 0.1) is 53.7 Å². The zero-order chi connectivity index (χ0) is 60.5. The molecule has 462 valence electrons. The number of aliphatic hydroxyl groups excluding tert-OH is 4. The lowest BCUT2D eigenvalue weighted by Crippen LogP contribution is -2.70. The maximum Gasteiger partial charge on any atom is 0.311 e. The van der Waals surface area contributed by atoms with E-state index in [1.807, 2.05) is 18.9 Å². The number of methoxy groups -OCH3 is 1. The van der Waals surface area contributed by atoms with Crippen LogP contribution in [0, 0.1) is 46.3 Å². The predicted octanol–water partition coefficient (Wildman–Crippen LogP) is 3.31. The zero-order valence-corrected chi connectivity index (χ0v) is 50.5. The molecular weight excluding hydrogens is 1050 g/mol. The minimum Gasteiger partial charge on any atom is -0.459 e. The van der Waals surface area contributed by atoms with Gasteiger partial charge in [0.2, 0.25) is 5.91 Å². The average molecular weight is 1150 g/mol. The number of ether oxygens (including phenoxy) is 6. The number of rotatable bonds is 12. The van der Waals surface area contributed by atoms with Gasteiger partial charge < -0.3 is 79.7 Å². The first-order chi connectivity index (χ1) is 37.5. The summed E-state index contributed by atoms with van der Waals surface area (Å²) in [5.41, 5.74) is -10.9. The fraction of sp³-hybridized carbons (Fsp3) is 0.867. The van der Waals surface area contributed by atoms with Crippen molar-refractivity contribution in [2.75, 3.05) is 27.2 Å². The number of aliphatic hydroxyl groups is 7. The molecule has 21 heteroatoms. The highest BCUT2D eigenvalue weighted by Crippen LogP contribution is 2.70. The van der Waals surface area contributed by atoms with E-state index in [0.29, 0.717) is 44.2 Å². The smallest absolute Gasteiger partial charge is 0.311 e. The van der Waals surface area contributed by atoms with Gasteiger partial charge in [0.1, 0.15) is 30.0 Å². The number of allylic oxidation sites excluding steroid dienone is 4. The molecule has 3 aliphatic heterocycles. The summed E-state index contributed by atoms with van der Waals surface area (Å²) >= 11 is 0. The van der Waals surface area contributed by atoms with Crippen molar-refractivity contribution < 1.29 is 87.7 Å². The Morgan fingerprint density at radius 2 is 1.57 bits per heavy atom. The highest BCUT2D eigenvalue weighted by atomic mass is 19.1. The van der Waals surface area contributed by atoms with Crippen molar-refractivity contribution in [3.63, 3.8) is 0 Å². The summed E-state index contributed by atoms with van der Waals surface area (Å²) in [5, 5.41) is 89.6. The third-order valence-electron chi connectivity index (χ3n) is 21.1. The number of carbonyl (C=O) groups is 4. The Labute approximate surface area is 478 Å². The molecular formula is C60H98FN3O17. The molecule has 7 rings (SSSR count). The Bertz CT molecular complexity index is 2360. The quantitative estimate of drug-likeness (QED) is 0.100. The van der Waals surface area contributed by atoms with E-state index in [1.165, 1.54) is 40.0 Å². The van der Waals surface area contributed by atoms with Crippen molar-refractivity contribution in [1.82, 2.24) is 15.5 Å². The fourth-order valence-electron chi connectivity index (χ4n) is 16.0. The normalized spacial score (nSPS) is 50.0. The maximum atomic E-state index is 17.8. The number of cyclic esters (lactones) is 1. The third-order valence-corrected chi connectivity index (χ3v) is 21.1. The summed E-state index contributed by atoms with van der Waals surface area (Å²) in [5.74, 6) is -6.97. The standard InChI is InChI=1S/C60H98FN3O17/c1-16-43-58(13,74)47(68)35(7)63-50(70)30(2)27-56(11,73)49(33(5)46(34(6)51(71)79-43)80-44-29-57(12,76-15)48(69)36(8)78-44)81-52-45(67)41(25-32(4)77-52)64(14)23-17-22-62-53(72)60(75)31(3)24-40-39-19-18-37-26-38(65)20-21-54(37,9)59(39,61)42(66)28-55(40,60)10/h20-21,26,30-36,39-49,52,66-69,73-75H,16-19,22-25,27-29H2,1-15H3,(H,62,72)(H,63,70)/t30-,31-,32-,33+,34-,35-,36+,39?,40?,41+,42+,43-,44?,45-,46+,47-,48+,49-,52?,54+,55+,56-,57-,58-,59+,60+/m1/s1. The second-order valence-corrected chi connectivity index (χ2v) is 26.9. The van der Waals surface area contributed by atoms with Crippen LogP contribution < -0.4 is 10.6 Å². The van der Waals surface area contributed by atoms with E-state index in [1.54, 1.807) is 68.4 Å². The fourth-order valence-corrected chi connectivity index (χ4v) is 16.0. The largest absolute Gasteiger partial charge is 0.459 e. The first-order valence-electron chi connectivity index (χ1n) is 29.7. The van der Waals surface area contributed by atoms with Gasteiger partial charge in [0.15, 0.2) is 29.6 Å². The van der Waals surface area contributed by atoms with Crippen LogP contribution in [0.2, 0.25) is 0 Å². The first-order valence-corrected chi connectivity index (χ1v) is 29.7. The van der Waals surface area contributed by atoms with Crippen molar-refractivity contribution in [1.29, 1.82) is 0 Å². The van der Waals surface area contributed by atoms with Crippen LogP contribution in [-0.2, 0) is 47.6 Å². The number of likely N-dealkylation sites (N-methyl/N-ethyl adjacent to an activating group) is 1. The second-order valence-electron chi connectivity index (χ2n) is 26.9. The molecule has 0 aromatic heterocycles. The molecule has 0 aromatic carbocycles. The Kier molecular flexibility index (Phi) is 19.4. The predicted molar refractivity (Wildman–Crippen MR) is 294 cm³/mol. The van der Waals surface area contributed by atoms with Crippen LogP contribution in [0.15, 0.2) is 23.8 Å². The van der Waals surface area contributed by atoms with Gasteiger partial charge in [-0.15, -0.1) is 0 Å². The monoisotopic (exact) mass is 1150 g/mol.